The zero-order chi connectivity index (χ0) is 14.6. The van der Waals surface area contributed by atoms with Crippen LogP contribution in [-0.4, -0.2) is 34.1 Å². The molecule has 5 heteroatoms. The van der Waals surface area contributed by atoms with Crippen LogP contribution in [0.2, 0.25) is 0 Å². The minimum absolute atomic E-state index is 0.445. The van der Waals surface area contributed by atoms with Gasteiger partial charge in [-0.15, -0.1) is 0 Å². The van der Waals surface area contributed by atoms with Gasteiger partial charge in [-0.2, -0.15) is 11.8 Å². The minimum atomic E-state index is 0.445. The molecule has 2 rings (SSSR count). The fourth-order valence-corrected chi connectivity index (χ4v) is 2.97. The maximum absolute atomic E-state index is 4.70. The molecule has 1 aliphatic rings. The number of hydrogen-bond donors (Lipinski definition) is 2. The molecule has 0 unspecified atom stereocenters. The summed E-state index contributed by atoms with van der Waals surface area (Å²) in [5, 5.41) is 6.90. The molecule has 1 saturated carbocycles. The van der Waals surface area contributed by atoms with Gasteiger partial charge in [-0.25, -0.2) is 9.97 Å². The third-order valence-corrected chi connectivity index (χ3v) is 5.25. The molecular formula is C15H26N4S. The molecule has 20 heavy (non-hydrogen) atoms. The van der Waals surface area contributed by atoms with Gasteiger partial charge in [0.15, 0.2) is 0 Å². The van der Waals surface area contributed by atoms with Gasteiger partial charge < -0.3 is 10.6 Å². The Kier molecular flexibility index (Phi) is 5.13. The van der Waals surface area contributed by atoms with E-state index in [1.807, 2.05) is 11.8 Å². The second kappa shape index (κ2) is 6.66. The van der Waals surface area contributed by atoms with Gasteiger partial charge in [0.05, 0.1) is 0 Å². The normalized spacial score (nSPS) is 16.0. The number of nitrogens with zero attached hydrogens (tertiary/aromatic N) is 2. The van der Waals surface area contributed by atoms with Crippen LogP contribution in [0.3, 0.4) is 0 Å². The molecule has 0 bridgehead atoms. The van der Waals surface area contributed by atoms with Crippen LogP contribution in [0.1, 0.15) is 44.5 Å². The Bertz CT molecular complexity index is 457. The van der Waals surface area contributed by atoms with Crippen molar-refractivity contribution >= 4 is 23.4 Å². The second-order valence-corrected chi connectivity index (χ2v) is 6.76. The summed E-state index contributed by atoms with van der Waals surface area (Å²) < 4.78 is 0.445. The zero-order valence-corrected chi connectivity index (χ0v) is 13.9. The van der Waals surface area contributed by atoms with Gasteiger partial charge in [0, 0.05) is 29.8 Å². The zero-order valence-electron chi connectivity index (χ0n) is 13.0. The van der Waals surface area contributed by atoms with Crippen LogP contribution in [-0.2, 0) is 6.42 Å². The van der Waals surface area contributed by atoms with Crippen molar-refractivity contribution in [1.82, 2.24) is 9.97 Å². The van der Waals surface area contributed by atoms with E-state index in [1.54, 1.807) is 0 Å². The van der Waals surface area contributed by atoms with Crippen molar-refractivity contribution in [1.29, 1.82) is 0 Å². The van der Waals surface area contributed by atoms with Crippen LogP contribution in [0.15, 0.2) is 0 Å². The number of rotatable bonds is 8. The number of nitrogens with one attached hydrogen (secondary N) is 2. The molecular weight excluding hydrogens is 268 g/mol. The molecule has 4 nitrogen and oxygen atoms in total. The van der Waals surface area contributed by atoms with Gasteiger partial charge in [0.2, 0.25) is 0 Å². The first kappa shape index (κ1) is 15.4. The Morgan fingerprint density at radius 2 is 1.80 bits per heavy atom. The summed E-state index contributed by atoms with van der Waals surface area (Å²) in [5.41, 5.74) is 1.13. The lowest BCUT2D eigenvalue weighted by Crippen LogP contribution is -2.20. The van der Waals surface area contributed by atoms with Crippen LogP contribution in [0.25, 0.3) is 0 Å². The van der Waals surface area contributed by atoms with E-state index in [0.717, 1.165) is 49.0 Å². The van der Waals surface area contributed by atoms with Crippen molar-refractivity contribution in [3.63, 3.8) is 0 Å². The molecule has 2 N–H and O–H groups in total. The summed E-state index contributed by atoms with van der Waals surface area (Å²) in [6.45, 7) is 8.24. The lowest BCUT2D eigenvalue weighted by molar-refractivity contribution is 0.826. The summed E-state index contributed by atoms with van der Waals surface area (Å²) in [7, 11) is 0. The molecule has 0 amide bonds. The van der Waals surface area contributed by atoms with Gasteiger partial charge in [-0.05, 0) is 39.4 Å². The van der Waals surface area contributed by atoms with E-state index in [2.05, 4.69) is 42.6 Å². The highest BCUT2D eigenvalue weighted by atomic mass is 32.2. The van der Waals surface area contributed by atoms with Crippen LogP contribution < -0.4 is 10.6 Å². The van der Waals surface area contributed by atoms with Crippen molar-refractivity contribution in [2.24, 2.45) is 0 Å². The molecule has 1 aromatic rings. The molecule has 0 aromatic carbocycles. The highest BCUT2D eigenvalue weighted by Gasteiger charge is 2.41. The molecule has 1 fully saturated rings. The largest absolute Gasteiger partial charge is 0.370 e. The Morgan fingerprint density at radius 3 is 2.30 bits per heavy atom. The van der Waals surface area contributed by atoms with E-state index < -0.39 is 0 Å². The monoisotopic (exact) mass is 294 g/mol. The van der Waals surface area contributed by atoms with Crippen LogP contribution in [0.4, 0.5) is 11.6 Å². The Labute approximate surface area is 126 Å². The maximum atomic E-state index is 4.70. The summed E-state index contributed by atoms with van der Waals surface area (Å²) in [6.07, 6.45) is 6.83. The summed E-state index contributed by atoms with van der Waals surface area (Å²) >= 11 is 1.97. The van der Waals surface area contributed by atoms with E-state index >= 15 is 0 Å². The lowest BCUT2D eigenvalue weighted by atomic mass is 10.2. The Balaban J connectivity index is 2.16. The summed E-state index contributed by atoms with van der Waals surface area (Å²) in [4.78, 5) is 9.32. The standard InChI is InChI=1S/C15H26N4S/c1-5-7-12-18-13(16-6-2)11(3)14(19-12)17-10-15(20-4)8-9-15/h5-10H2,1-4H3,(H2,16,17,18,19). The molecule has 0 radical (unpaired) electrons. The lowest BCUT2D eigenvalue weighted by Gasteiger charge is -2.17. The maximum Gasteiger partial charge on any atom is 0.134 e. The number of thioether (sulfide) groups is 1. The van der Waals surface area contributed by atoms with Crippen molar-refractivity contribution in [2.75, 3.05) is 30.0 Å². The first-order valence-electron chi connectivity index (χ1n) is 7.54. The topological polar surface area (TPSA) is 49.8 Å². The van der Waals surface area contributed by atoms with E-state index in [0.29, 0.717) is 4.75 Å². The smallest absolute Gasteiger partial charge is 0.134 e. The Morgan fingerprint density at radius 1 is 1.15 bits per heavy atom. The van der Waals surface area contributed by atoms with E-state index in [9.17, 15) is 0 Å². The molecule has 0 atom stereocenters. The molecule has 1 heterocycles. The average Bonchev–Trinajstić information content (AvgIpc) is 3.22. The first-order chi connectivity index (χ1) is 9.64. The SMILES string of the molecule is CCCc1nc(NCC)c(C)c(NCC2(SC)CC2)n1. The third kappa shape index (κ3) is 3.57. The quantitative estimate of drug-likeness (QED) is 0.769. The first-order valence-corrected chi connectivity index (χ1v) is 8.77. The van der Waals surface area contributed by atoms with Gasteiger partial charge in [-0.3, -0.25) is 0 Å². The van der Waals surface area contributed by atoms with Crippen LogP contribution in [0.5, 0.6) is 0 Å². The predicted molar refractivity (Wildman–Crippen MR) is 88.9 cm³/mol. The third-order valence-electron chi connectivity index (χ3n) is 3.83. The number of aromatic nitrogens is 2. The van der Waals surface area contributed by atoms with Gasteiger partial charge in [-0.1, -0.05) is 6.92 Å². The second-order valence-electron chi connectivity index (χ2n) is 5.48. The molecule has 1 aliphatic carbocycles. The number of anilines is 2. The van der Waals surface area contributed by atoms with E-state index in [4.69, 9.17) is 4.98 Å². The van der Waals surface area contributed by atoms with E-state index in [1.165, 1.54) is 12.8 Å². The predicted octanol–water partition coefficient (Wildman–Crippen LogP) is 3.48. The van der Waals surface area contributed by atoms with Gasteiger partial charge in [0.1, 0.15) is 17.5 Å². The van der Waals surface area contributed by atoms with E-state index in [-0.39, 0.29) is 0 Å². The van der Waals surface area contributed by atoms with Crippen LogP contribution >= 0.6 is 11.8 Å². The Hall–Kier alpha value is -0.970. The molecule has 112 valence electrons. The van der Waals surface area contributed by atoms with Crippen molar-refractivity contribution in [3.05, 3.63) is 11.4 Å². The fourth-order valence-electron chi connectivity index (χ4n) is 2.25. The van der Waals surface area contributed by atoms with Gasteiger partial charge in [0.25, 0.3) is 0 Å². The number of hydrogen-bond acceptors (Lipinski definition) is 5. The van der Waals surface area contributed by atoms with Crippen molar-refractivity contribution in [2.45, 2.75) is 51.2 Å². The molecule has 0 saturated heterocycles. The average molecular weight is 294 g/mol. The molecule has 0 spiro atoms. The minimum Gasteiger partial charge on any atom is -0.370 e. The fraction of sp³-hybridized carbons (Fsp3) is 0.733. The molecule has 0 aliphatic heterocycles. The van der Waals surface area contributed by atoms with Gasteiger partial charge >= 0.3 is 0 Å². The highest BCUT2D eigenvalue weighted by molar-refractivity contribution is 8.00. The number of aryl methyl sites for hydroxylation is 1. The molecule has 1 aromatic heterocycles. The highest BCUT2D eigenvalue weighted by Crippen LogP contribution is 2.47. The summed E-state index contributed by atoms with van der Waals surface area (Å²) in [6, 6.07) is 0. The van der Waals surface area contributed by atoms with Crippen molar-refractivity contribution < 1.29 is 0 Å². The van der Waals surface area contributed by atoms with Crippen LogP contribution in [0, 0.1) is 6.92 Å². The summed E-state index contributed by atoms with van der Waals surface area (Å²) in [5.74, 6) is 2.91. The van der Waals surface area contributed by atoms with Crippen molar-refractivity contribution in [3.8, 4) is 0 Å².